The molecule has 0 fully saturated rings. The second kappa shape index (κ2) is 6.62. The Bertz CT molecular complexity index is 430. The molecule has 0 amide bonds. The minimum atomic E-state index is -0.481. The number of alkyl halides is 2. The number of methoxy groups -OCH3 is 1. The van der Waals surface area contributed by atoms with Crippen LogP contribution in [0.15, 0.2) is 18.2 Å². The highest BCUT2D eigenvalue weighted by Gasteiger charge is 2.14. The van der Waals surface area contributed by atoms with Gasteiger partial charge in [-0.3, -0.25) is 4.79 Å². The highest BCUT2D eigenvalue weighted by atomic mass is 35.5. The van der Waals surface area contributed by atoms with Crippen LogP contribution in [0.4, 0.5) is 0 Å². The first-order valence-corrected chi connectivity index (χ1v) is 6.07. The van der Waals surface area contributed by atoms with Gasteiger partial charge < -0.3 is 4.74 Å². The van der Waals surface area contributed by atoms with Crippen LogP contribution in [0.3, 0.4) is 0 Å². The Hall–Kier alpha value is -1.06. The molecule has 3 nitrogen and oxygen atoms in total. The van der Waals surface area contributed by atoms with Gasteiger partial charge in [-0.15, -0.1) is 23.2 Å². The van der Waals surface area contributed by atoms with Gasteiger partial charge in [0.15, 0.2) is 5.78 Å². The zero-order valence-electron chi connectivity index (χ0n) is 9.33. The number of esters is 1. The molecule has 0 heterocycles. The fourth-order valence-electron chi connectivity index (χ4n) is 1.42. The Morgan fingerprint density at radius 1 is 1.29 bits per heavy atom. The Balaban J connectivity index is 3.15. The van der Waals surface area contributed by atoms with E-state index in [-0.39, 0.29) is 24.0 Å². The third-order valence-corrected chi connectivity index (χ3v) is 2.77. The quantitative estimate of drug-likeness (QED) is 0.471. The lowest BCUT2D eigenvalue weighted by atomic mass is 10.00. The van der Waals surface area contributed by atoms with E-state index in [1.54, 1.807) is 12.1 Å². The minimum absolute atomic E-state index is 0.124. The molecule has 0 aliphatic heterocycles. The molecule has 5 heteroatoms. The van der Waals surface area contributed by atoms with Gasteiger partial charge >= 0.3 is 5.97 Å². The molecule has 1 aromatic rings. The Kier molecular flexibility index (Phi) is 5.45. The third kappa shape index (κ3) is 3.45. The molecular weight excluding hydrogens is 263 g/mol. The van der Waals surface area contributed by atoms with Gasteiger partial charge in [0.05, 0.1) is 12.7 Å². The van der Waals surface area contributed by atoms with Gasteiger partial charge in [0.1, 0.15) is 0 Å². The topological polar surface area (TPSA) is 43.4 Å². The van der Waals surface area contributed by atoms with Crippen molar-refractivity contribution in [1.29, 1.82) is 0 Å². The van der Waals surface area contributed by atoms with Gasteiger partial charge in [-0.2, -0.15) is 0 Å². The van der Waals surface area contributed by atoms with E-state index in [0.717, 1.165) is 0 Å². The summed E-state index contributed by atoms with van der Waals surface area (Å²) in [5.74, 6) is -0.152. The number of benzene rings is 1. The lowest BCUT2D eigenvalue weighted by molar-refractivity contribution is 0.0600. The maximum atomic E-state index is 11.8. The number of hydrogen-bond acceptors (Lipinski definition) is 3. The fourth-order valence-corrected chi connectivity index (χ4v) is 1.82. The molecule has 0 N–H and O–H groups in total. The molecule has 1 aromatic carbocycles. The normalized spacial score (nSPS) is 10.1. The first kappa shape index (κ1) is 14.0. The van der Waals surface area contributed by atoms with Crippen molar-refractivity contribution in [2.75, 3.05) is 13.0 Å². The summed E-state index contributed by atoms with van der Waals surface area (Å²) >= 11 is 11.3. The molecule has 0 saturated heterocycles. The van der Waals surface area contributed by atoms with Crippen LogP contribution in [0.2, 0.25) is 0 Å². The Labute approximate surface area is 110 Å². The molecule has 92 valence electrons. The number of Topliss-reactive ketones (excluding diaryl/α,β-unsaturated/α-hetero) is 1. The molecule has 0 aliphatic rings. The summed E-state index contributed by atoms with van der Waals surface area (Å²) in [5, 5.41) is 0. The number of ketones is 1. The van der Waals surface area contributed by atoms with E-state index in [1.165, 1.54) is 13.2 Å². The van der Waals surface area contributed by atoms with Crippen LogP contribution in [-0.4, -0.2) is 24.7 Å². The number of ether oxygens (including phenoxy) is 1. The van der Waals surface area contributed by atoms with Crippen LogP contribution in [0.25, 0.3) is 0 Å². The zero-order chi connectivity index (χ0) is 12.8. The third-order valence-electron chi connectivity index (χ3n) is 2.30. The van der Waals surface area contributed by atoms with Gasteiger partial charge in [0, 0.05) is 23.7 Å². The number of hydrogen-bond donors (Lipinski definition) is 0. The maximum absolute atomic E-state index is 11.8. The summed E-state index contributed by atoms with van der Waals surface area (Å²) in [6.45, 7) is 0. The molecule has 0 saturated carbocycles. The molecule has 0 aliphatic carbocycles. The predicted molar refractivity (Wildman–Crippen MR) is 67.0 cm³/mol. The molecule has 1 rings (SSSR count). The molecule has 0 bridgehead atoms. The first-order valence-electron chi connectivity index (χ1n) is 5.00. The average Bonchev–Trinajstić information content (AvgIpc) is 2.37. The number of carbonyl (C=O) groups excluding carboxylic acids is 2. The van der Waals surface area contributed by atoms with E-state index in [0.29, 0.717) is 16.7 Å². The lowest BCUT2D eigenvalue weighted by Gasteiger charge is -2.07. The summed E-state index contributed by atoms with van der Waals surface area (Å²) in [4.78, 5) is 23.1. The van der Waals surface area contributed by atoms with Crippen molar-refractivity contribution in [3.63, 3.8) is 0 Å². The van der Waals surface area contributed by atoms with Gasteiger partial charge in [0.2, 0.25) is 0 Å². The number of rotatable bonds is 5. The summed E-state index contributed by atoms with van der Waals surface area (Å²) in [5.41, 5.74) is 1.46. The van der Waals surface area contributed by atoms with Crippen molar-refractivity contribution < 1.29 is 14.3 Å². The van der Waals surface area contributed by atoms with E-state index in [4.69, 9.17) is 23.2 Å². The summed E-state index contributed by atoms with van der Waals surface area (Å²) in [6.07, 6.45) is 0.218. The van der Waals surface area contributed by atoms with Crippen LogP contribution in [0.5, 0.6) is 0 Å². The molecule has 0 aromatic heterocycles. The number of halogens is 2. The van der Waals surface area contributed by atoms with Crippen molar-refractivity contribution >= 4 is 35.0 Å². The van der Waals surface area contributed by atoms with Gasteiger partial charge in [-0.1, -0.05) is 6.07 Å². The van der Waals surface area contributed by atoms with Crippen LogP contribution in [-0.2, 0) is 10.6 Å². The molecule has 0 radical (unpaired) electrons. The Morgan fingerprint density at radius 3 is 2.53 bits per heavy atom. The van der Waals surface area contributed by atoms with Gasteiger partial charge in [0.25, 0.3) is 0 Å². The summed E-state index contributed by atoms with van der Waals surface area (Å²) < 4.78 is 4.60. The smallest absolute Gasteiger partial charge is 0.337 e. The van der Waals surface area contributed by atoms with E-state index < -0.39 is 5.97 Å². The highest BCUT2D eigenvalue weighted by molar-refractivity contribution is 6.20. The van der Waals surface area contributed by atoms with Gasteiger partial charge in [-0.05, 0) is 17.7 Å². The largest absolute Gasteiger partial charge is 0.465 e. The van der Waals surface area contributed by atoms with Crippen molar-refractivity contribution in [3.05, 3.63) is 34.9 Å². The van der Waals surface area contributed by atoms with Crippen molar-refractivity contribution in [1.82, 2.24) is 0 Å². The minimum Gasteiger partial charge on any atom is -0.465 e. The highest BCUT2D eigenvalue weighted by Crippen LogP contribution is 2.17. The van der Waals surface area contributed by atoms with Crippen LogP contribution >= 0.6 is 23.2 Å². The monoisotopic (exact) mass is 274 g/mol. The standard InChI is InChI=1S/C12H12Cl2O3/c1-17-12(16)8-2-3-9(7-14)10(6-8)11(15)4-5-13/h2-3,6H,4-5,7H2,1H3. The van der Waals surface area contributed by atoms with Crippen LogP contribution in [0.1, 0.15) is 32.7 Å². The van der Waals surface area contributed by atoms with E-state index in [1.807, 2.05) is 0 Å². The summed E-state index contributed by atoms with van der Waals surface area (Å²) in [7, 11) is 1.29. The van der Waals surface area contributed by atoms with Crippen molar-refractivity contribution in [2.45, 2.75) is 12.3 Å². The second-order valence-electron chi connectivity index (χ2n) is 3.36. The molecular formula is C12H12Cl2O3. The first-order chi connectivity index (χ1) is 8.13. The SMILES string of the molecule is COC(=O)c1ccc(CCl)c(C(=O)CCCl)c1. The molecule has 0 atom stereocenters. The molecule has 0 spiro atoms. The van der Waals surface area contributed by atoms with Crippen molar-refractivity contribution in [2.24, 2.45) is 0 Å². The van der Waals surface area contributed by atoms with E-state index in [9.17, 15) is 9.59 Å². The molecule has 0 unspecified atom stereocenters. The summed E-state index contributed by atoms with van der Waals surface area (Å²) in [6, 6.07) is 4.74. The maximum Gasteiger partial charge on any atom is 0.337 e. The van der Waals surface area contributed by atoms with Crippen molar-refractivity contribution in [3.8, 4) is 0 Å². The van der Waals surface area contributed by atoms with Crippen LogP contribution in [0, 0.1) is 0 Å². The fraction of sp³-hybridized carbons (Fsp3) is 0.333. The predicted octanol–water partition coefficient (Wildman–Crippen LogP) is 3.02. The number of carbonyl (C=O) groups is 2. The second-order valence-corrected chi connectivity index (χ2v) is 4.00. The lowest BCUT2D eigenvalue weighted by Crippen LogP contribution is -2.08. The average molecular weight is 275 g/mol. The van der Waals surface area contributed by atoms with Crippen LogP contribution < -0.4 is 0 Å². The van der Waals surface area contributed by atoms with E-state index >= 15 is 0 Å². The van der Waals surface area contributed by atoms with Gasteiger partial charge in [-0.25, -0.2) is 4.79 Å². The van der Waals surface area contributed by atoms with E-state index in [2.05, 4.69) is 4.74 Å². The Morgan fingerprint density at radius 2 is 2.00 bits per heavy atom. The molecule has 17 heavy (non-hydrogen) atoms. The zero-order valence-corrected chi connectivity index (χ0v) is 10.8.